The summed E-state index contributed by atoms with van der Waals surface area (Å²) in [7, 11) is -1.62. The maximum Gasteiger partial charge on any atom is 0.185 e. The van der Waals surface area contributed by atoms with E-state index in [1.54, 1.807) is 0 Å². The summed E-state index contributed by atoms with van der Waals surface area (Å²) in [6.45, 7) is 6.67. The fourth-order valence-corrected chi connectivity index (χ4v) is 3.38. The fraction of sp³-hybridized carbons (Fsp3) is 0.250. The molecule has 2 aromatic rings. The molecule has 2 aromatic carbocycles. The van der Waals surface area contributed by atoms with Crippen molar-refractivity contribution in [2.45, 2.75) is 25.7 Å². The monoisotopic (exact) mass is 334 g/mol. The highest BCUT2D eigenvalue weighted by molar-refractivity contribution is 9.10. The number of halogens is 1. The Hall–Kier alpha value is -0.903. The lowest BCUT2D eigenvalue weighted by Crippen LogP contribution is -2.28. The van der Waals surface area contributed by atoms with Crippen molar-refractivity contribution in [3.8, 4) is 0 Å². The van der Waals surface area contributed by atoms with Gasteiger partial charge in [0, 0.05) is 4.47 Å². The van der Waals surface area contributed by atoms with Gasteiger partial charge in [0.05, 0.1) is 6.10 Å². The van der Waals surface area contributed by atoms with Crippen LogP contribution >= 0.6 is 15.9 Å². The third-order valence-corrected chi connectivity index (χ3v) is 4.16. The van der Waals surface area contributed by atoms with Crippen LogP contribution in [0.25, 0.3) is 0 Å². The summed E-state index contributed by atoms with van der Waals surface area (Å²) < 4.78 is 7.47. The minimum Gasteiger partial charge on any atom is -0.407 e. The molecule has 0 aromatic heterocycles. The lowest BCUT2D eigenvalue weighted by atomic mass is 10.0. The number of hydrogen-bond donors (Lipinski definition) is 0. The average molecular weight is 335 g/mol. The van der Waals surface area contributed by atoms with Crippen molar-refractivity contribution in [2.24, 2.45) is 0 Å². The summed E-state index contributed by atoms with van der Waals surface area (Å²) in [4.78, 5) is 0. The zero-order valence-corrected chi connectivity index (χ0v) is 14.1. The quantitative estimate of drug-likeness (QED) is 0.681. The smallest absolute Gasteiger partial charge is 0.185 e. The van der Waals surface area contributed by atoms with E-state index in [4.69, 9.17) is 4.43 Å². The summed E-state index contributed by atoms with van der Waals surface area (Å²) in [6.07, 6.45) is 0.0189. The first-order valence-corrected chi connectivity index (χ1v) is 10.6. The molecule has 0 aliphatic heterocycles. The van der Waals surface area contributed by atoms with Gasteiger partial charge < -0.3 is 4.43 Å². The van der Waals surface area contributed by atoms with Crippen molar-refractivity contribution in [2.75, 3.05) is 0 Å². The molecule has 0 spiro atoms. The molecular weight excluding hydrogens is 316 g/mol. The number of hydrogen-bond acceptors (Lipinski definition) is 1. The Morgan fingerprint density at radius 3 is 2.11 bits per heavy atom. The van der Waals surface area contributed by atoms with Crippen molar-refractivity contribution in [1.82, 2.24) is 0 Å². The molecule has 0 heterocycles. The van der Waals surface area contributed by atoms with E-state index in [-0.39, 0.29) is 6.10 Å². The predicted octanol–water partition coefficient (Wildman–Crippen LogP) is 5.39. The summed E-state index contributed by atoms with van der Waals surface area (Å²) in [5.41, 5.74) is 2.41. The minimum atomic E-state index is -1.62. The molecule has 0 saturated carbocycles. The number of benzene rings is 2. The largest absolute Gasteiger partial charge is 0.407 e. The first-order chi connectivity index (χ1) is 8.96. The molecule has 1 atom stereocenters. The van der Waals surface area contributed by atoms with Crippen LogP contribution < -0.4 is 0 Å². The van der Waals surface area contributed by atoms with Gasteiger partial charge in [0.1, 0.15) is 0 Å². The van der Waals surface area contributed by atoms with Gasteiger partial charge in [-0.15, -0.1) is 0 Å². The van der Waals surface area contributed by atoms with Crippen LogP contribution in [0, 0.1) is 0 Å². The van der Waals surface area contributed by atoms with Crippen LogP contribution in [0.2, 0.25) is 19.6 Å². The van der Waals surface area contributed by atoms with E-state index >= 15 is 0 Å². The topological polar surface area (TPSA) is 9.23 Å². The Morgan fingerprint density at radius 2 is 1.53 bits per heavy atom. The third-order valence-electron chi connectivity index (χ3n) is 2.73. The second-order valence-electron chi connectivity index (χ2n) is 5.58. The molecule has 19 heavy (non-hydrogen) atoms. The number of rotatable bonds is 4. The molecule has 3 heteroatoms. The van der Waals surface area contributed by atoms with Gasteiger partial charge >= 0.3 is 0 Å². The van der Waals surface area contributed by atoms with Crippen molar-refractivity contribution in [3.63, 3.8) is 0 Å². The summed E-state index contributed by atoms with van der Waals surface area (Å²) in [5, 5.41) is 0. The summed E-state index contributed by atoms with van der Waals surface area (Å²) in [5.74, 6) is 0. The first kappa shape index (κ1) is 14.5. The highest BCUT2D eigenvalue weighted by Crippen LogP contribution is 2.30. The second kappa shape index (κ2) is 6.03. The zero-order valence-electron chi connectivity index (χ0n) is 11.6. The van der Waals surface area contributed by atoms with Gasteiger partial charge in [-0.1, -0.05) is 58.4 Å². The average Bonchev–Trinajstić information content (AvgIpc) is 2.36. The van der Waals surface area contributed by atoms with E-state index in [0.717, 1.165) is 4.47 Å². The van der Waals surface area contributed by atoms with Crippen LogP contribution in [-0.2, 0) is 4.43 Å². The van der Waals surface area contributed by atoms with E-state index in [9.17, 15) is 0 Å². The third kappa shape index (κ3) is 4.30. The van der Waals surface area contributed by atoms with Crippen molar-refractivity contribution in [1.29, 1.82) is 0 Å². The zero-order chi connectivity index (χ0) is 13.9. The molecule has 0 aliphatic rings. The standard InChI is InChI=1S/C16H19BrOSi/c1-19(2,3)18-16(13-8-5-4-6-9-13)14-10-7-11-15(17)12-14/h4-12,16H,1-3H3. The highest BCUT2D eigenvalue weighted by atomic mass is 79.9. The normalized spacial score (nSPS) is 13.3. The first-order valence-electron chi connectivity index (χ1n) is 6.44. The molecule has 0 saturated heterocycles. The molecule has 0 radical (unpaired) electrons. The molecule has 1 unspecified atom stereocenters. The van der Waals surface area contributed by atoms with Gasteiger partial charge in [-0.3, -0.25) is 0 Å². The van der Waals surface area contributed by atoms with Gasteiger partial charge in [-0.25, -0.2) is 0 Å². The molecule has 1 nitrogen and oxygen atoms in total. The lowest BCUT2D eigenvalue weighted by molar-refractivity contribution is 0.239. The highest BCUT2D eigenvalue weighted by Gasteiger charge is 2.23. The Balaban J connectivity index is 2.40. The van der Waals surface area contributed by atoms with Crippen molar-refractivity contribution < 1.29 is 4.43 Å². The van der Waals surface area contributed by atoms with E-state index < -0.39 is 8.32 Å². The van der Waals surface area contributed by atoms with Gasteiger partial charge in [0.2, 0.25) is 0 Å². The molecule has 0 aliphatic carbocycles. The molecule has 0 bridgehead atoms. The maximum atomic E-state index is 6.38. The Labute approximate surface area is 124 Å². The van der Waals surface area contributed by atoms with Gasteiger partial charge in [0.15, 0.2) is 8.32 Å². The predicted molar refractivity (Wildman–Crippen MR) is 86.9 cm³/mol. The van der Waals surface area contributed by atoms with Crippen molar-refractivity contribution >= 4 is 24.2 Å². The lowest BCUT2D eigenvalue weighted by Gasteiger charge is -2.27. The molecule has 0 amide bonds. The van der Waals surface area contributed by atoms with Gasteiger partial charge in [-0.05, 0) is 42.9 Å². The SMILES string of the molecule is C[Si](C)(C)OC(c1ccccc1)c1cccc(Br)c1. The van der Waals surface area contributed by atoms with Gasteiger partial charge in [-0.2, -0.15) is 0 Å². The van der Waals surface area contributed by atoms with E-state index in [0.29, 0.717) is 0 Å². The maximum absolute atomic E-state index is 6.38. The van der Waals surface area contributed by atoms with Crippen LogP contribution in [0.3, 0.4) is 0 Å². The fourth-order valence-electron chi connectivity index (χ4n) is 1.98. The van der Waals surface area contributed by atoms with E-state index in [1.165, 1.54) is 11.1 Å². The summed E-state index contributed by atoms with van der Waals surface area (Å²) >= 11 is 3.54. The molecule has 100 valence electrons. The van der Waals surface area contributed by atoms with Crippen molar-refractivity contribution in [3.05, 3.63) is 70.2 Å². The van der Waals surface area contributed by atoms with Crippen LogP contribution in [0.1, 0.15) is 17.2 Å². The molecule has 0 fully saturated rings. The Bertz CT molecular complexity index is 534. The minimum absolute atomic E-state index is 0.0189. The van der Waals surface area contributed by atoms with Crippen LogP contribution in [0.15, 0.2) is 59.1 Å². The summed E-state index contributed by atoms with van der Waals surface area (Å²) in [6, 6.07) is 18.8. The molecule has 2 rings (SSSR count). The second-order valence-corrected chi connectivity index (χ2v) is 11.0. The Morgan fingerprint density at radius 1 is 0.895 bits per heavy atom. The van der Waals surface area contributed by atoms with E-state index in [1.807, 2.05) is 12.1 Å². The Kier molecular flexibility index (Phi) is 4.61. The molecular formula is C16H19BrOSi. The van der Waals surface area contributed by atoms with Crippen LogP contribution in [0.4, 0.5) is 0 Å². The molecule has 0 N–H and O–H groups in total. The van der Waals surface area contributed by atoms with Gasteiger partial charge in [0.25, 0.3) is 0 Å². The van der Waals surface area contributed by atoms with Crippen LogP contribution in [-0.4, -0.2) is 8.32 Å². The van der Waals surface area contributed by atoms with E-state index in [2.05, 4.69) is 78.0 Å². The van der Waals surface area contributed by atoms with Crippen LogP contribution in [0.5, 0.6) is 0 Å².